The molecule has 0 aliphatic rings. The van der Waals surface area contributed by atoms with Crippen LogP contribution in [0, 0.1) is 6.92 Å². The smallest absolute Gasteiger partial charge is 0.419 e. The minimum atomic E-state index is -1.07. The topological polar surface area (TPSA) is 94.5 Å². The second-order valence-corrected chi connectivity index (χ2v) is 6.67. The highest BCUT2D eigenvalue weighted by molar-refractivity contribution is 5.93. The van der Waals surface area contributed by atoms with Crippen molar-refractivity contribution < 1.29 is 19.4 Å². The summed E-state index contributed by atoms with van der Waals surface area (Å²) in [4.78, 5) is 23.4. The average molecular weight is 318 g/mol. The molecule has 0 saturated carbocycles. The van der Waals surface area contributed by atoms with Crippen LogP contribution in [0.3, 0.4) is 0 Å². The van der Waals surface area contributed by atoms with Gasteiger partial charge in [0.05, 0.1) is 5.52 Å². The number of benzene rings is 1. The number of aliphatic carboxylic acids is 1. The Morgan fingerprint density at radius 3 is 2.57 bits per heavy atom. The van der Waals surface area contributed by atoms with E-state index >= 15 is 0 Å². The highest BCUT2D eigenvalue weighted by atomic mass is 16.6. The van der Waals surface area contributed by atoms with Gasteiger partial charge in [-0.25, -0.2) is 4.79 Å². The Labute approximate surface area is 134 Å². The number of carboxylic acids is 1. The molecule has 1 aromatic carbocycles. The van der Waals surface area contributed by atoms with E-state index in [0.29, 0.717) is 11.1 Å². The maximum atomic E-state index is 12.4. The Balaban J connectivity index is 2.50. The van der Waals surface area contributed by atoms with Crippen molar-refractivity contribution >= 4 is 23.0 Å². The van der Waals surface area contributed by atoms with Crippen LogP contribution in [0.15, 0.2) is 24.4 Å². The van der Waals surface area contributed by atoms with Gasteiger partial charge in [-0.2, -0.15) is 0 Å². The number of aromatic nitrogens is 1. The molecular formula is C17H22N2O4. The van der Waals surface area contributed by atoms with Gasteiger partial charge in [0.15, 0.2) is 0 Å². The van der Waals surface area contributed by atoms with Crippen LogP contribution in [0.2, 0.25) is 0 Å². The van der Waals surface area contributed by atoms with Crippen LogP contribution in [-0.4, -0.2) is 33.4 Å². The average Bonchev–Trinajstić information content (AvgIpc) is 2.75. The van der Waals surface area contributed by atoms with Crippen molar-refractivity contribution in [3.8, 4) is 0 Å². The molecule has 0 unspecified atom stereocenters. The van der Waals surface area contributed by atoms with Gasteiger partial charge in [-0.3, -0.25) is 9.36 Å². The third kappa shape index (κ3) is 3.90. The summed E-state index contributed by atoms with van der Waals surface area (Å²) in [5.41, 5.74) is 7.43. The highest BCUT2D eigenvalue weighted by Gasteiger charge is 2.22. The molecule has 0 spiro atoms. The quantitative estimate of drug-likeness (QED) is 0.907. The van der Waals surface area contributed by atoms with E-state index in [2.05, 4.69) is 0 Å². The zero-order valence-electron chi connectivity index (χ0n) is 13.8. The highest BCUT2D eigenvalue weighted by Crippen LogP contribution is 2.25. The number of fused-ring (bicyclic) bond motifs is 1. The van der Waals surface area contributed by atoms with Crippen LogP contribution >= 0.6 is 0 Å². The van der Waals surface area contributed by atoms with Gasteiger partial charge >= 0.3 is 12.1 Å². The molecule has 1 aromatic heterocycles. The third-order valence-electron chi connectivity index (χ3n) is 3.39. The lowest BCUT2D eigenvalue weighted by Gasteiger charge is -2.19. The van der Waals surface area contributed by atoms with E-state index in [-0.39, 0.29) is 6.42 Å². The van der Waals surface area contributed by atoms with Crippen molar-refractivity contribution in [3.05, 3.63) is 35.5 Å². The summed E-state index contributed by atoms with van der Waals surface area (Å²) >= 11 is 0. The van der Waals surface area contributed by atoms with Crippen LogP contribution in [-0.2, 0) is 16.0 Å². The first-order valence-corrected chi connectivity index (χ1v) is 7.41. The van der Waals surface area contributed by atoms with E-state index in [4.69, 9.17) is 15.6 Å². The molecule has 6 heteroatoms. The van der Waals surface area contributed by atoms with Gasteiger partial charge in [-0.15, -0.1) is 0 Å². The first-order chi connectivity index (χ1) is 10.6. The fraction of sp³-hybridized carbons (Fsp3) is 0.412. The summed E-state index contributed by atoms with van der Waals surface area (Å²) in [6, 6.07) is 4.61. The summed E-state index contributed by atoms with van der Waals surface area (Å²) in [6.07, 6.45) is 1.26. The van der Waals surface area contributed by atoms with Crippen molar-refractivity contribution in [2.45, 2.75) is 45.8 Å². The first kappa shape index (κ1) is 17.0. The number of hydrogen-bond acceptors (Lipinski definition) is 4. The van der Waals surface area contributed by atoms with Gasteiger partial charge in [0.1, 0.15) is 11.6 Å². The Hall–Kier alpha value is -2.34. The molecule has 0 amide bonds. The summed E-state index contributed by atoms with van der Waals surface area (Å²) in [7, 11) is 0. The van der Waals surface area contributed by atoms with Gasteiger partial charge in [-0.1, -0.05) is 11.6 Å². The maximum Gasteiger partial charge on any atom is 0.419 e. The van der Waals surface area contributed by atoms with Crippen molar-refractivity contribution in [1.29, 1.82) is 0 Å². The Kier molecular flexibility index (Phi) is 4.47. The van der Waals surface area contributed by atoms with Crippen molar-refractivity contribution in [2.75, 3.05) is 0 Å². The van der Waals surface area contributed by atoms with Crippen molar-refractivity contribution in [2.24, 2.45) is 5.73 Å². The zero-order chi connectivity index (χ0) is 17.4. The molecule has 2 aromatic rings. The summed E-state index contributed by atoms with van der Waals surface area (Å²) in [5.74, 6) is -1.07. The molecule has 3 N–H and O–H groups in total. The second kappa shape index (κ2) is 6.04. The zero-order valence-corrected chi connectivity index (χ0v) is 13.8. The third-order valence-corrected chi connectivity index (χ3v) is 3.39. The van der Waals surface area contributed by atoms with Crippen LogP contribution in [0.25, 0.3) is 10.9 Å². The van der Waals surface area contributed by atoms with Crippen LogP contribution in [0.1, 0.15) is 31.9 Å². The number of nitrogens with two attached hydrogens (primary N) is 1. The SMILES string of the molecule is Cc1ccc2c(c1)c(C[C@H](N)C(=O)O)cn2C(=O)OC(C)(C)C. The lowest BCUT2D eigenvalue weighted by Crippen LogP contribution is -2.32. The Morgan fingerprint density at radius 1 is 1.35 bits per heavy atom. The van der Waals surface area contributed by atoms with Gasteiger partial charge < -0.3 is 15.6 Å². The number of ether oxygens (including phenoxy) is 1. The molecular weight excluding hydrogens is 296 g/mol. The maximum absolute atomic E-state index is 12.4. The number of hydrogen-bond donors (Lipinski definition) is 2. The largest absolute Gasteiger partial charge is 0.480 e. The lowest BCUT2D eigenvalue weighted by molar-refractivity contribution is -0.138. The second-order valence-electron chi connectivity index (χ2n) is 6.67. The van der Waals surface area contributed by atoms with Gasteiger partial charge in [0, 0.05) is 18.0 Å². The van der Waals surface area contributed by atoms with Crippen molar-refractivity contribution in [1.82, 2.24) is 4.57 Å². The minimum Gasteiger partial charge on any atom is -0.480 e. The number of carbonyl (C=O) groups is 2. The number of nitrogens with zero attached hydrogens (tertiary/aromatic N) is 1. The van der Waals surface area contributed by atoms with E-state index < -0.39 is 23.7 Å². The van der Waals surface area contributed by atoms with E-state index in [1.807, 2.05) is 25.1 Å². The molecule has 0 aliphatic heterocycles. The fourth-order valence-corrected chi connectivity index (χ4v) is 2.36. The standard InChI is InChI=1S/C17H22N2O4/c1-10-5-6-14-12(7-10)11(8-13(18)15(20)21)9-19(14)16(22)23-17(2,3)4/h5-7,9,13H,8,18H2,1-4H3,(H,20,21)/t13-/m0/s1. The molecule has 0 fully saturated rings. The normalized spacial score (nSPS) is 13.1. The first-order valence-electron chi connectivity index (χ1n) is 7.41. The number of rotatable bonds is 3. The number of carboxylic acid groups (broad SMARTS) is 1. The van der Waals surface area contributed by atoms with Gasteiger partial charge in [0.2, 0.25) is 0 Å². The van der Waals surface area contributed by atoms with Crippen molar-refractivity contribution in [3.63, 3.8) is 0 Å². The van der Waals surface area contributed by atoms with Crippen LogP contribution in [0.4, 0.5) is 4.79 Å². The molecule has 2 rings (SSSR count). The number of carbonyl (C=O) groups excluding carboxylic acids is 1. The molecule has 1 heterocycles. The van der Waals surface area contributed by atoms with E-state index in [9.17, 15) is 9.59 Å². The van der Waals surface area contributed by atoms with E-state index in [1.165, 1.54) is 4.57 Å². The Bertz CT molecular complexity index is 756. The monoisotopic (exact) mass is 318 g/mol. The summed E-state index contributed by atoms with van der Waals surface area (Å²) < 4.78 is 6.81. The number of aryl methyl sites for hydroxylation is 1. The molecule has 6 nitrogen and oxygen atoms in total. The summed E-state index contributed by atoms with van der Waals surface area (Å²) in [6.45, 7) is 7.32. The molecule has 1 atom stereocenters. The van der Waals surface area contributed by atoms with Gasteiger partial charge in [0.25, 0.3) is 0 Å². The van der Waals surface area contributed by atoms with E-state index in [1.54, 1.807) is 27.0 Å². The minimum absolute atomic E-state index is 0.144. The predicted octanol–water partition coefficient (Wildman–Crippen LogP) is 2.69. The fourth-order valence-electron chi connectivity index (χ4n) is 2.36. The van der Waals surface area contributed by atoms with E-state index in [0.717, 1.165) is 10.9 Å². The molecule has 23 heavy (non-hydrogen) atoms. The van der Waals surface area contributed by atoms with Crippen LogP contribution < -0.4 is 5.73 Å². The summed E-state index contributed by atoms with van der Waals surface area (Å²) in [5, 5.41) is 9.83. The van der Waals surface area contributed by atoms with Crippen LogP contribution in [0.5, 0.6) is 0 Å². The molecule has 0 saturated heterocycles. The molecule has 0 aliphatic carbocycles. The molecule has 124 valence electrons. The van der Waals surface area contributed by atoms with Gasteiger partial charge in [-0.05, 0) is 45.4 Å². The molecule has 0 radical (unpaired) electrons. The lowest BCUT2D eigenvalue weighted by atomic mass is 10.0. The molecule has 0 bridgehead atoms. The predicted molar refractivity (Wildman–Crippen MR) is 87.6 cm³/mol. The Morgan fingerprint density at radius 2 is 2.00 bits per heavy atom.